The number of allylic oxidation sites excluding steroid dienone is 1. The third-order valence-corrected chi connectivity index (χ3v) is 5.82. The molecule has 0 radical (unpaired) electrons. The first-order valence-electron chi connectivity index (χ1n) is 6.95. The van der Waals surface area contributed by atoms with Crippen molar-refractivity contribution in [2.24, 2.45) is 11.8 Å². The van der Waals surface area contributed by atoms with Gasteiger partial charge in [-0.2, -0.15) is 0 Å². The van der Waals surface area contributed by atoms with E-state index in [2.05, 4.69) is 42.8 Å². The molecule has 1 saturated carbocycles. The summed E-state index contributed by atoms with van der Waals surface area (Å²) in [5, 5.41) is 0. The Balaban J connectivity index is 2.38. The monoisotopic (exact) mass is 320 g/mol. The van der Waals surface area contributed by atoms with Crippen molar-refractivity contribution in [1.29, 1.82) is 0 Å². The molecule has 2 unspecified atom stereocenters. The van der Waals surface area contributed by atoms with Crippen molar-refractivity contribution in [3.8, 4) is 0 Å². The van der Waals surface area contributed by atoms with Crippen LogP contribution >= 0.6 is 15.9 Å². The van der Waals surface area contributed by atoms with E-state index in [1.54, 1.807) is 0 Å². The van der Waals surface area contributed by atoms with Crippen molar-refractivity contribution in [2.45, 2.75) is 37.9 Å². The summed E-state index contributed by atoms with van der Waals surface area (Å²) in [5.41, 5.74) is 2.07. The van der Waals surface area contributed by atoms with Gasteiger partial charge in [0.25, 0.3) is 0 Å². The van der Waals surface area contributed by atoms with Crippen molar-refractivity contribution >= 4 is 27.8 Å². The minimum Gasteiger partial charge on any atom is -0.293 e. The summed E-state index contributed by atoms with van der Waals surface area (Å²) in [7, 11) is 0. The number of carbonyl (C=O) groups is 1. The van der Waals surface area contributed by atoms with E-state index >= 15 is 0 Å². The Kier molecular flexibility index (Phi) is 4.29. The molecule has 2 atom stereocenters. The second-order valence-corrected chi connectivity index (χ2v) is 7.21. The number of halogens is 1. The first kappa shape index (κ1) is 14.5. The minimum absolute atomic E-state index is 0.269. The fraction of sp³-hybridized carbons (Fsp3) is 0.471. The molecule has 102 valence electrons. The predicted molar refractivity (Wildman–Crippen MR) is 84.3 cm³/mol. The van der Waals surface area contributed by atoms with E-state index in [0.717, 1.165) is 24.0 Å². The fourth-order valence-corrected chi connectivity index (χ4v) is 3.10. The summed E-state index contributed by atoms with van der Waals surface area (Å²) in [5.74, 6) is 0.925. The zero-order valence-electron chi connectivity index (χ0n) is 11.8. The normalized spacial score (nSPS) is 30.1. The smallest absolute Gasteiger partial charge is 0.176 e. The zero-order valence-corrected chi connectivity index (χ0v) is 13.4. The average Bonchev–Trinajstić information content (AvgIpc) is 2.40. The Labute approximate surface area is 124 Å². The molecule has 0 N–H and O–H groups in total. The van der Waals surface area contributed by atoms with Gasteiger partial charge in [0.1, 0.15) is 0 Å². The van der Waals surface area contributed by atoms with Crippen LogP contribution in [0.4, 0.5) is 0 Å². The summed E-state index contributed by atoms with van der Waals surface area (Å²) >= 11 is 3.72. The first-order chi connectivity index (χ1) is 8.95. The molecule has 2 rings (SSSR count). The largest absolute Gasteiger partial charge is 0.293 e. The molecule has 1 aromatic rings. The molecule has 0 amide bonds. The Hall–Kier alpha value is -0.890. The van der Waals surface area contributed by atoms with E-state index in [9.17, 15) is 4.79 Å². The van der Waals surface area contributed by atoms with Crippen LogP contribution in [0.25, 0.3) is 6.08 Å². The van der Waals surface area contributed by atoms with E-state index in [1.165, 1.54) is 0 Å². The van der Waals surface area contributed by atoms with E-state index in [4.69, 9.17) is 0 Å². The molecule has 1 aliphatic carbocycles. The molecule has 0 bridgehead atoms. The molecule has 19 heavy (non-hydrogen) atoms. The molecule has 0 heterocycles. The highest BCUT2D eigenvalue weighted by Gasteiger charge is 2.44. The Bertz CT molecular complexity index is 489. The second-order valence-electron chi connectivity index (χ2n) is 5.80. The average molecular weight is 321 g/mol. The number of carbonyl (C=O) groups excluding carboxylic acids is 1. The molecule has 0 aliphatic heterocycles. The third-order valence-electron chi connectivity index (χ3n) is 4.15. The molecule has 0 spiro atoms. The Morgan fingerprint density at radius 2 is 1.95 bits per heavy atom. The van der Waals surface area contributed by atoms with Crippen LogP contribution in [-0.4, -0.2) is 10.1 Å². The molecule has 0 aromatic heterocycles. The highest BCUT2D eigenvalue weighted by molar-refractivity contribution is 9.10. The SMILES string of the molecule is CC1CCC(Br)(C(C)C)C(=O)/C1=C\c1ccccc1. The van der Waals surface area contributed by atoms with Crippen LogP contribution in [0.5, 0.6) is 0 Å². The third kappa shape index (κ3) is 2.84. The van der Waals surface area contributed by atoms with Crippen LogP contribution in [0.1, 0.15) is 39.2 Å². The lowest BCUT2D eigenvalue weighted by molar-refractivity contribution is -0.120. The van der Waals surface area contributed by atoms with Gasteiger partial charge in [0.2, 0.25) is 0 Å². The van der Waals surface area contributed by atoms with Crippen molar-refractivity contribution in [3.05, 3.63) is 41.5 Å². The quantitative estimate of drug-likeness (QED) is 0.562. The molecule has 0 saturated heterocycles. The van der Waals surface area contributed by atoms with Crippen molar-refractivity contribution in [1.82, 2.24) is 0 Å². The van der Waals surface area contributed by atoms with Gasteiger partial charge in [0, 0.05) is 5.57 Å². The van der Waals surface area contributed by atoms with Gasteiger partial charge in [0.15, 0.2) is 5.78 Å². The molecule has 1 nitrogen and oxygen atoms in total. The Morgan fingerprint density at radius 1 is 1.32 bits per heavy atom. The highest BCUT2D eigenvalue weighted by Crippen LogP contribution is 2.43. The summed E-state index contributed by atoms with van der Waals surface area (Å²) < 4.78 is -0.375. The second kappa shape index (κ2) is 5.62. The van der Waals surface area contributed by atoms with Gasteiger partial charge in [-0.25, -0.2) is 0 Å². The number of rotatable bonds is 2. The summed E-state index contributed by atoms with van der Waals surface area (Å²) in [6, 6.07) is 10.1. The topological polar surface area (TPSA) is 17.1 Å². The number of benzene rings is 1. The lowest BCUT2D eigenvalue weighted by atomic mass is 9.73. The number of ketones is 1. The predicted octanol–water partition coefficient (Wildman–Crippen LogP) is 4.86. The van der Waals surface area contributed by atoms with Gasteiger partial charge in [-0.3, -0.25) is 4.79 Å². The zero-order chi connectivity index (χ0) is 14.0. The van der Waals surface area contributed by atoms with Crippen molar-refractivity contribution < 1.29 is 4.79 Å². The first-order valence-corrected chi connectivity index (χ1v) is 7.75. The molecule has 1 aliphatic rings. The van der Waals surface area contributed by atoms with Gasteiger partial charge >= 0.3 is 0 Å². The number of hydrogen-bond acceptors (Lipinski definition) is 1. The van der Waals surface area contributed by atoms with Crippen LogP contribution in [0, 0.1) is 11.8 Å². The van der Waals surface area contributed by atoms with Crippen molar-refractivity contribution in [2.75, 3.05) is 0 Å². The van der Waals surface area contributed by atoms with Gasteiger partial charge in [-0.15, -0.1) is 0 Å². The van der Waals surface area contributed by atoms with Gasteiger partial charge in [-0.05, 0) is 36.3 Å². The van der Waals surface area contributed by atoms with Crippen molar-refractivity contribution in [3.63, 3.8) is 0 Å². The summed E-state index contributed by atoms with van der Waals surface area (Å²) in [6.07, 6.45) is 4.05. The van der Waals surface area contributed by atoms with E-state index in [0.29, 0.717) is 11.8 Å². The maximum atomic E-state index is 12.8. The molecule has 1 fully saturated rings. The fourth-order valence-electron chi connectivity index (χ4n) is 2.65. The van der Waals surface area contributed by atoms with Crippen LogP contribution in [0.3, 0.4) is 0 Å². The van der Waals surface area contributed by atoms with Gasteiger partial charge in [-0.1, -0.05) is 67.0 Å². The lowest BCUT2D eigenvalue weighted by Gasteiger charge is -2.38. The summed E-state index contributed by atoms with van der Waals surface area (Å²) in [4.78, 5) is 12.8. The van der Waals surface area contributed by atoms with E-state index in [-0.39, 0.29) is 10.1 Å². The van der Waals surface area contributed by atoms with Crippen LogP contribution in [0.2, 0.25) is 0 Å². The van der Waals surface area contributed by atoms with E-state index in [1.807, 2.05) is 30.3 Å². The number of alkyl halides is 1. The highest BCUT2D eigenvalue weighted by atomic mass is 79.9. The maximum Gasteiger partial charge on any atom is 0.176 e. The van der Waals surface area contributed by atoms with Crippen LogP contribution in [0.15, 0.2) is 35.9 Å². The molecular formula is C17H21BrO. The number of hydrogen-bond donors (Lipinski definition) is 0. The molecule has 2 heteroatoms. The maximum absolute atomic E-state index is 12.8. The summed E-state index contributed by atoms with van der Waals surface area (Å²) in [6.45, 7) is 6.38. The molecule has 1 aromatic carbocycles. The Morgan fingerprint density at radius 3 is 2.53 bits per heavy atom. The minimum atomic E-state index is -0.375. The van der Waals surface area contributed by atoms with Gasteiger partial charge in [0.05, 0.1) is 4.32 Å². The number of Topliss-reactive ketones (excluding diaryl/α,β-unsaturated/α-hetero) is 1. The van der Waals surface area contributed by atoms with Gasteiger partial charge < -0.3 is 0 Å². The molecular weight excluding hydrogens is 300 g/mol. The lowest BCUT2D eigenvalue weighted by Crippen LogP contribution is -2.43. The van der Waals surface area contributed by atoms with E-state index < -0.39 is 0 Å². The van der Waals surface area contributed by atoms with Crippen LogP contribution < -0.4 is 0 Å². The van der Waals surface area contributed by atoms with Crippen LogP contribution in [-0.2, 0) is 4.79 Å². The standard InChI is InChI=1S/C17H21BrO/c1-12(2)17(18)10-9-13(3)15(16(17)19)11-14-7-5-4-6-8-14/h4-8,11-13H,9-10H2,1-3H3/b15-11-.